The van der Waals surface area contributed by atoms with E-state index in [1.165, 1.54) is 6.07 Å². The van der Waals surface area contributed by atoms with Gasteiger partial charge in [0, 0.05) is 17.0 Å². The third-order valence-corrected chi connectivity index (χ3v) is 2.85. The molecular weight excluding hydrogens is 209 g/mol. The van der Waals surface area contributed by atoms with Gasteiger partial charge in [0.2, 0.25) is 0 Å². The van der Waals surface area contributed by atoms with Gasteiger partial charge in [-0.2, -0.15) is 0 Å². The molecule has 1 nitrogen and oxygen atoms in total. The number of hydrogen-bond donors (Lipinski definition) is 1. The van der Waals surface area contributed by atoms with Gasteiger partial charge >= 0.3 is 0 Å². The predicted octanol–water partition coefficient (Wildman–Crippen LogP) is 3.29. The third-order valence-electron chi connectivity index (χ3n) is 2.12. The van der Waals surface area contributed by atoms with Crippen LogP contribution in [0, 0.1) is 11.7 Å². The molecule has 0 spiro atoms. The van der Waals surface area contributed by atoms with Crippen molar-refractivity contribution in [3.63, 3.8) is 0 Å². The molecule has 15 heavy (non-hydrogen) atoms. The van der Waals surface area contributed by atoms with Gasteiger partial charge in [-0.1, -0.05) is 13.8 Å². The topological polar surface area (TPSA) is 12.0 Å². The van der Waals surface area contributed by atoms with Gasteiger partial charge in [-0.15, -0.1) is 11.8 Å². The van der Waals surface area contributed by atoms with Crippen molar-refractivity contribution in [3.05, 3.63) is 29.6 Å². The van der Waals surface area contributed by atoms with E-state index in [0.717, 1.165) is 17.0 Å². The zero-order valence-corrected chi connectivity index (χ0v) is 10.3. The van der Waals surface area contributed by atoms with Gasteiger partial charge in [-0.05, 0) is 36.9 Å². The smallest absolute Gasteiger partial charge is 0.127 e. The van der Waals surface area contributed by atoms with Crippen molar-refractivity contribution in [2.75, 3.05) is 12.8 Å². The number of thioether (sulfide) groups is 1. The van der Waals surface area contributed by atoms with Crippen molar-refractivity contribution < 1.29 is 4.39 Å². The van der Waals surface area contributed by atoms with E-state index < -0.39 is 0 Å². The Morgan fingerprint density at radius 3 is 2.73 bits per heavy atom. The van der Waals surface area contributed by atoms with Crippen LogP contribution in [-0.4, -0.2) is 12.8 Å². The van der Waals surface area contributed by atoms with E-state index in [4.69, 9.17) is 0 Å². The second kappa shape index (κ2) is 6.13. The average Bonchev–Trinajstić information content (AvgIpc) is 2.20. The summed E-state index contributed by atoms with van der Waals surface area (Å²) >= 11 is 1.64. The molecule has 0 aliphatic heterocycles. The Morgan fingerprint density at radius 1 is 1.40 bits per heavy atom. The zero-order valence-electron chi connectivity index (χ0n) is 9.51. The first kappa shape index (κ1) is 12.5. The number of benzene rings is 1. The highest BCUT2D eigenvalue weighted by molar-refractivity contribution is 7.98. The van der Waals surface area contributed by atoms with Crippen molar-refractivity contribution in [2.45, 2.75) is 25.3 Å². The SMILES string of the molecule is CSc1ccc(F)c(CNCC(C)C)c1. The fraction of sp³-hybridized carbons (Fsp3) is 0.500. The van der Waals surface area contributed by atoms with Crippen LogP contribution >= 0.6 is 11.8 Å². The largest absolute Gasteiger partial charge is 0.312 e. The molecule has 1 aromatic rings. The summed E-state index contributed by atoms with van der Waals surface area (Å²) in [5, 5.41) is 3.24. The van der Waals surface area contributed by atoms with Crippen LogP contribution in [0.2, 0.25) is 0 Å². The summed E-state index contributed by atoms with van der Waals surface area (Å²) in [7, 11) is 0. The number of nitrogens with one attached hydrogen (secondary N) is 1. The Hall–Kier alpha value is -0.540. The summed E-state index contributed by atoms with van der Waals surface area (Å²) in [6.45, 7) is 5.81. The van der Waals surface area contributed by atoms with Crippen LogP contribution in [0.5, 0.6) is 0 Å². The maximum absolute atomic E-state index is 13.4. The first-order chi connectivity index (χ1) is 7.13. The summed E-state index contributed by atoms with van der Waals surface area (Å²) in [6, 6.07) is 5.26. The lowest BCUT2D eigenvalue weighted by Crippen LogP contribution is -2.19. The molecule has 0 unspecified atom stereocenters. The minimum Gasteiger partial charge on any atom is -0.312 e. The first-order valence-electron chi connectivity index (χ1n) is 5.16. The lowest BCUT2D eigenvalue weighted by atomic mass is 10.2. The maximum Gasteiger partial charge on any atom is 0.127 e. The minimum absolute atomic E-state index is 0.121. The average molecular weight is 227 g/mol. The maximum atomic E-state index is 13.4. The fourth-order valence-electron chi connectivity index (χ4n) is 1.31. The molecule has 0 saturated heterocycles. The van der Waals surface area contributed by atoms with Gasteiger partial charge in [-0.25, -0.2) is 4.39 Å². The number of rotatable bonds is 5. The van der Waals surface area contributed by atoms with Crippen molar-refractivity contribution in [2.24, 2.45) is 5.92 Å². The monoisotopic (exact) mass is 227 g/mol. The first-order valence-corrected chi connectivity index (χ1v) is 6.39. The van der Waals surface area contributed by atoms with E-state index in [0.29, 0.717) is 12.5 Å². The molecule has 0 aromatic heterocycles. The van der Waals surface area contributed by atoms with Crippen molar-refractivity contribution >= 4 is 11.8 Å². The molecule has 1 N–H and O–H groups in total. The van der Waals surface area contributed by atoms with Crippen LogP contribution in [0.4, 0.5) is 4.39 Å². The van der Waals surface area contributed by atoms with E-state index in [-0.39, 0.29) is 5.82 Å². The Labute approximate surface area is 95.5 Å². The molecule has 1 aromatic carbocycles. The highest BCUT2D eigenvalue weighted by atomic mass is 32.2. The lowest BCUT2D eigenvalue weighted by Gasteiger charge is -2.09. The van der Waals surface area contributed by atoms with Crippen LogP contribution in [0.15, 0.2) is 23.1 Å². The molecule has 3 heteroatoms. The van der Waals surface area contributed by atoms with Gasteiger partial charge in [-0.3, -0.25) is 0 Å². The lowest BCUT2D eigenvalue weighted by molar-refractivity contribution is 0.534. The van der Waals surface area contributed by atoms with E-state index in [1.54, 1.807) is 11.8 Å². The Bertz CT molecular complexity index is 312. The third kappa shape index (κ3) is 4.22. The fourth-order valence-corrected chi connectivity index (χ4v) is 1.77. The molecular formula is C12H18FNS. The molecule has 0 radical (unpaired) electrons. The van der Waals surface area contributed by atoms with Gasteiger partial charge in [0.05, 0.1) is 0 Å². The zero-order chi connectivity index (χ0) is 11.3. The molecule has 0 amide bonds. The standard InChI is InChI=1S/C12H18FNS/c1-9(2)7-14-8-10-6-11(15-3)4-5-12(10)13/h4-6,9,14H,7-8H2,1-3H3. The molecule has 0 heterocycles. The van der Waals surface area contributed by atoms with Crippen molar-refractivity contribution in [1.82, 2.24) is 5.32 Å². The van der Waals surface area contributed by atoms with Crippen LogP contribution in [0.25, 0.3) is 0 Å². The van der Waals surface area contributed by atoms with Gasteiger partial charge in [0.25, 0.3) is 0 Å². The van der Waals surface area contributed by atoms with E-state index in [9.17, 15) is 4.39 Å². The van der Waals surface area contributed by atoms with Crippen molar-refractivity contribution in [3.8, 4) is 0 Å². The van der Waals surface area contributed by atoms with E-state index in [1.807, 2.05) is 18.4 Å². The highest BCUT2D eigenvalue weighted by Crippen LogP contribution is 2.18. The molecule has 84 valence electrons. The van der Waals surface area contributed by atoms with Gasteiger partial charge < -0.3 is 5.32 Å². The molecule has 0 bridgehead atoms. The number of hydrogen-bond acceptors (Lipinski definition) is 2. The van der Waals surface area contributed by atoms with Crippen LogP contribution < -0.4 is 5.32 Å². The highest BCUT2D eigenvalue weighted by Gasteiger charge is 2.03. The number of halogens is 1. The second-order valence-corrected chi connectivity index (χ2v) is 4.86. The molecule has 1 rings (SSSR count). The van der Waals surface area contributed by atoms with Crippen molar-refractivity contribution in [1.29, 1.82) is 0 Å². The summed E-state index contributed by atoms with van der Waals surface area (Å²) in [6.07, 6.45) is 2.00. The quantitative estimate of drug-likeness (QED) is 0.775. The molecule has 0 saturated carbocycles. The van der Waals surface area contributed by atoms with E-state index >= 15 is 0 Å². The Kier molecular flexibility index (Phi) is 5.12. The van der Waals surface area contributed by atoms with Crippen LogP contribution in [-0.2, 0) is 6.54 Å². The normalized spacial score (nSPS) is 11.0. The van der Waals surface area contributed by atoms with Gasteiger partial charge in [0.15, 0.2) is 0 Å². The predicted molar refractivity (Wildman–Crippen MR) is 64.7 cm³/mol. The molecule has 0 fully saturated rings. The minimum atomic E-state index is -0.121. The summed E-state index contributed by atoms with van der Waals surface area (Å²) in [4.78, 5) is 1.11. The Balaban J connectivity index is 2.59. The molecule has 0 atom stereocenters. The molecule has 0 aliphatic carbocycles. The summed E-state index contributed by atoms with van der Waals surface area (Å²) in [5.41, 5.74) is 0.752. The van der Waals surface area contributed by atoms with Crippen LogP contribution in [0.3, 0.4) is 0 Å². The second-order valence-electron chi connectivity index (χ2n) is 3.98. The van der Waals surface area contributed by atoms with E-state index in [2.05, 4.69) is 19.2 Å². The summed E-state index contributed by atoms with van der Waals surface area (Å²) in [5.74, 6) is 0.473. The van der Waals surface area contributed by atoms with Gasteiger partial charge in [0.1, 0.15) is 5.82 Å². The molecule has 0 aliphatic rings. The Morgan fingerprint density at radius 2 is 2.13 bits per heavy atom. The van der Waals surface area contributed by atoms with Crippen LogP contribution in [0.1, 0.15) is 19.4 Å². The summed E-state index contributed by atoms with van der Waals surface area (Å²) < 4.78 is 13.4.